The molecular formula is C15H18N6OS. The predicted octanol–water partition coefficient (Wildman–Crippen LogP) is 1.53. The minimum absolute atomic E-state index is 0.0219. The molecule has 0 radical (unpaired) electrons. The van der Waals surface area contributed by atoms with Gasteiger partial charge in [-0.2, -0.15) is 4.99 Å². The molecule has 1 fully saturated rings. The second-order valence-electron chi connectivity index (χ2n) is 5.41. The number of guanidine groups is 1. The molecule has 2 aromatic heterocycles. The first-order valence-electron chi connectivity index (χ1n) is 7.41. The van der Waals surface area contributed by atoms with Gasteiger partial charge in [-0.1, -0.05) is 12.5 Å². The lowest BCUT2D eigenvalue weighted by atomic mass is 9.85. The van der Waals surface area contributed by atoms with Crippen molar-refractivity contribution in [3.8, 4) is 11.4 Å². The fraction of sp³-hybridized carbons (Fsp3) is 0.333. The van der Waals surface area contributed by atoms with Crippen molar-refractivity contribution in [1.82, 2.24) is 15.3 Å². The van der Waals surface area contributed by atoms with Gasteiger partial charge in [0, 0.05) is 11.3 Å². The molecule has 1 aliphatic rings. The molecule has 1 aliphatic carbocycles. The van der Waals surface area contributed by atoms with E-state index in [1.807, 2.05) is 23.6 Å². The first kappa shape index (κ1) is 15.4. The van der Waals surface area contributed by atoms with Crippen LogP contribution in [-0.2, 0) is 11.3 Å². The Morgan fingerprint density at radius 3 is 2.83 bits per heavy atom. The Labute approximate surface area is 137 Å². The zero-order valence-corrected chi connectivity index (χ0v) is 13.3. The van der Waals surface area contributed by atoms with Crippen LogP contribution in [0.25, 0.3) is 11.4 Å². The van der Waals surface area contributed by atoms with Crippen LogP contribution in [0.15, 0.2) is 28.6 Å². The van der Waals surface area contributed by atoms with Gasteiger partial charge in [0.15, 0.2) is 5.96 Å². The molecule has 8 heteroatoms. The van der Waals surface area contributed by atoms with Crippen LogP contribution in [0.2, 0.25) is 0 Å². The molecule has 120 valence electrons. The van der Waals surface area contributed by atoms with E-state index >= 15 is 0 Å². The molecule has 0 unspecified atom stereocenters. The fourth-order valence-corrected chi connectivity index (χ4v) is 2.96. The maximum atomic E-state index is 11.9. The number of hydrogen-bond donors (Lipinski definition) is 3. The Balaban J connectivity index is 1.68. The van der Waals surface area contributed by atoms with Crippen molar-refractivity contribution in [3.63, 3.8) is 0 Å². The average Bonchev–Trinajstić information content (AvgIpc) is 2.91. The highest BCUT2D eigenvalue weighted by Crippen LogP contribution is 2.27. The molecule has 2 aromatic rings. The van der Waals surface area contributed by atoms with Crippen molar-refractivity contribution < 1.29 is 4.79 Å². The number of aromatic nitrogens is 2. The first-order chi connectivity index (χ1) is 11.1. The predicted molar refractivity (Wildman–Crippen MR) is 90.0 cm³/mol. The zero-order valence-electron chi connectivity index (χ0n) is 12.5. The van der Waals surface area contributed by atoms with Crippen LogP contribution in [0.3, 0.4) is 0 Å². The van der Waals surface area contributed by atoms with Gasteiger partial charge in [0.05, 0.1) is 17.9 Å². The van der Waals surface area contributed by atoms with E-state index < -0.39 is 0 Å². The van der Waals surface area contributed by atoms with Gasteiger partial charge in [0.25, 0.3) is 0 Å². The molecule has 0 atom stereocenters. The largest absolute Gasteiger partial charge is 0.370 e. The summed E-state index contributed by atoms with van der Waals surface area (Å²) in [6, 6.07) is 5.65. The van der Waals surface area contributed by atoms with Crippen molar-refractivity contribution in [2.45, 2.75) is 25.8 Å². The summed E-state index contributed by atoms with van der Waals surface area (Å²) in [6.07, 6.45) is 3.13. The van der Waals surface area contributed by atoms with Crippen LogP contribution < -0.4 is 16.8 Å². The maximum Gasteiger partial charge on any atom is 0.223 e. The van der Waals surface area contributed by atoms with Crippen LogP contribution in [-0.4, -0.2) is 21.8 Å². The van der Waals surface area contributed by atoms with Gasteiger partial charge in [-0.25, -0.2) is 9.97 Å². The minimum atomic E-state index is -0.0219. The first-order valence-corrected chi connectivity index (χ1v) is 8.29. The molecule has 1 saturated carbocycles. The number of nitrogens with two attached hydrogens (primary N) is 2. The molecule has 2 heterocycles. The van der Waals surface area contributed by atoms with Crippen molar-refractivity contribution in [3.05, 3.63) is 29.3 Å². The highest BCUT2D eigenvalue weighted by Gasteiger charge is 2.24. The monoisotopic (exact) mass is 330 g/mol. The molecule has 0 saturated heterocycles. The van der Waals surface area contributed by atoms with E-state index in [9.17, 15) is 4.79 Å². The molecular weight excluding hydrogens is 312 g/mol. The lowest BCUT2D eigenvalue weighted by Gasteiger charge is -2.23. The van der Waals surface area contributed by atoms with Crippen molar-refractivity contribution in [1.29, 1.82) is 0 Å². The normalized spacial score (nSPS) is 14.1. The zero-order chi connectivity index (χ0) is 16.2. The Morgan fingerprint density at radius 2 is 2.13 bits per heavy atom. The lowest BCUT2D eigenvalue weighted by molar-refractivity contribution is -0.127. The third-order valence-electron chi connectivity index (χ3n) is 3.71. The van der Waals surface area contributed by atoms with Crippen LogP contribution in [0, 0.1) is 5.92 Å². The molecule has 7 nitrogen and oxygen atoms in total. The summed E-state index contributed by atoms with van der Waals surface area (Å²) in [5.41, 5.74) is 12.9. The molecule has 0 aliphatic heterocycles. The number of carbonyl (C=O) groups is 1. The minimum Gasteiger partial charge on any atom is -0.370 e. The van der Waals surface area contributed by atoms with Gasteiger partial charge in [0.2, 0.25) is 11.0 Å². The highest BCUT2D eigenvalue weighted by atomic mass is 32.1. The van der Waals surface area contributed by atoms with Gasteiger partial charge >= 0.3 is 0 Å². The Kier molecular flexibility index (Phi) is 4.52. The van der Waals surface area contributed by atoms with E-state index in [4.69, 9.17) is 11.5 Å². The van der Waals surface area contributed by atoms with E-state index in [2.05, 4.69) is 20.3 Å². The fourth-order valence-electron chi connectivity index (χ4n) is 2.26. The van der Waals surface area contributed by atoms with Crippen LogP contribution >= 0.6 is 11.3 Å². The SMILES string of the molecule is NC(N)=Nc1nc(-c2cccc(CNC(=O)C3CCC3)n2)cs1. The molecule has 23 heavy (non-hydrogen) atoms. The van der Waals surface area contributed by atoms with Gasteiger partial charge in [-0.15, -0.1) is 11.3 Å². The molecule has 0 aromatic carbocycles. The molecule has 0 bridgehead atoms. The Bertz CT molecular complexity index is 733. The number of nitrogens with one attached hydrogen (secondary N) is 1. The second kappa shape index (κ2) is 6.74. The summed E-state index contributed by atoms with van der Waals surface area (Å²) in [5.74, 6) is 0.275. The van der Waals surface area contributed by atoms with Crippen LogP contribution in [0.1, 0.15) is 25.0 Å². The number of pyridine rings is 1. The van der Waals surface area contributed by atoms with Crippen molar-refractivity contribution >= 4 is 28.3 Å². The second-order valence-corrected chi connectivity index (χ2v) is 6.25. The number of thiazole rings is 1. The molecule has 5 N–H and O–H groups in total. The van der Waals surface area contributed by atoms with E-state index in [0.29, 0.717) is 17.4 Å². The Morgan fingerprint density at radius 1 is 1.30 bits per heavy atom. The number of amides is 1. The quantitative estimate of drug-likeness (QED) is 0.567. The molecule has 1 amide bonds. The Hall–Kier alpha value is -2.48. The van der Waals surface area contributed by atoms with Gasteiger partial charge in [0.1, 0.15) is 5.69 Å². The van der Waals surface area contributed by atoms with Gasteiger partial charge < -0.3 is 16.8 Å². The highest BCUT2D eigenvalue weighted by molar-refractivity contribution is 7.13. The summed E-state index contributed by atoms with van der Waals surface area (Å²) >= 11 is 1.34. The van der Waals surface area contributed by atoms with E-state index in [1.165, 1.54) is 11.3 Å². The third-order valence-corrected chi connectivity index (χ3v) is 4.44. The van der Waals surface area contributed by atoms with Crippen LogP contribution in [0.4, 0.5) is 5.13 Å². The van der Waals surface area contributed by atoms with Crippen molar-refractivity contribution in [2.24, 2.45) is 22.4 Å². The van der Waals surface area contributed by atoms with Crippen molar-refractivity contribution in [2.75, 3.05) is 0 Å². The number of rotatable bonds is 5. The smallest absolute Gasteiger partial charge is 0.223 e. The van der Waals surface area contributed by atoms with E-state index in [1.54, 1.807) is 0 Å². The standard InChI is InChI=1S/C15H18N6OS/c16-14(17)21-15-20-12(8-23-15)11-6-2-5-10(19-11)7-18-13(22)9-3-1-4-9/h2,5-6,8-9H,1,3-4,7H2,(H,18,22)(H4,16,17,20,21). The third kappa shape index (κ3) is 3.84. The topological polar surface area (TPSA) is 119 Å². The summed E-state index contributed by atoms with van der Waals surface area (Å²) in [4.78, 5) is 24.6. The van der Waals surface area contributed by atoms with E-state index in [-0.39, 0.29) is 17.8 Å². The number of carbonyl (C=O) groups excluding carboxylic acids is 1. The molecule has 0 spiro atoms. The summed E-state index contributed by atoms with van der Waals surface area (Å²) in [7, 11) is 0. The average molecular weight is 330 g/mol. The van der Waals surface area contributed by atoms with Crippen LogP contribution in [0.5, 0.6) is 0 Å². The van der Waals surface area contributed by atoms with Gasteiger partial charge in [-0.3, -0.25) is 4.79 Å². The number of nitrogens with zero attached hydrogens (tertiary/aromatic N) is 3. The molecule has 3 rings (SSSR count). The lowest BCUT2D eigenvalue weighted by Crippen LogP contribution is -2.34. The maximum absolute atomic E-state index is 11.9. The summed E-state index contributed by atoms with van der Waals surface area (Å²) in [6.45, 7) is 0.425. The summed E-state index contributed by atoms with van der Waals surface area (Å²) in [5, 5.41) is 5.28. The van der Waals surface area contributed by atoms with E-state index in [0.717, 1.165) is 30.7 Å². The number of hydrogen-bond acceptors (Lipinski definition) is 5. The van der Waals surface area contributed by atoms with Gasteiger partial charge in [-0.05, 0) is 25.0 Å². The summed E-state index contributed by atoms with van der Waals surface area (Å²) < 4.78 is 0. The number of aliphatic imine (C=N–C) groups is 1.